The van der Waals surface area contributed by atoms with Crippen LogP contribution < -0.4 is 14.4 Å². The van der Waals surface area contributed by atoms with E-state index in [1.165, 1.54) is 31.6 Å². The average Bonchev–Trinajstić information content (AvgIpc) is 2.98. The summed E-state index contributed by atoms with van der Waals surface area (Å²) in [5.41, 5.74) is 0.405. The Balaban J connectivity index is 1.18. The van der Waals surface area contributed by atoms with Crippen LogP contribution in [0.2, 0.25) is 0 Å². The first-order chi connectivity index (χ1) is 20.5. The molecule has 43 heavy (non-hydrogen) atoms. The lowest BCUT2D eigenvalue weighted by Crippen LogP contribution is -2.61. The Labute approximate surface area is 255 Å². The topological polar surface area (TPSA) is 108 Å². The van der Waals surface area contributed by atoms with Gasteiger partial charge in [0.25, 0.3) is 5.91 Å². The minimum absolute atomic E-state index is 0.0369. The van der Waals surface area contributed by atoms with Gasteiger partial charge >= 0.3 is 0 Å². The first-order valence-electron chi connectivity index (χ1n) is 15.5. The van der Waals surface area contributed by atoms with E-state index < -0.39 is 15.8 Å². The molecule has 1 amide bonds. The van der Waals surface area contributed by atoms with E-state index in [0.29, 0.717) is 24.0 Å². The van der Waals surface area contributed by atoms with E-state index in [1.54, 1.807) is 11.1 Å². The third-order valence-corrected chi connectivity index (χ3v) is 11.5. The largest absolute Gasteiger partial charge is 0.451 e. The van der Waals surface area contributed by atoms with Crippen LogP contribution in [0, 0.1) is 17.2 Å². The molecule has 1 aliphatic carbocycles. The minimum atomic E-state index is -3.17. The number of ether oxygens (including phenoxy) is 1. The summed E-state index contributed by atoms with van der Waals surface area (Å²) < 4.78 is 47.2. The maximum Gasteiger partial charge on any atom is 0.257 e. The number of rotatable bonds is 10. The smallest absolute Gasteiger partial charge is 0.257 e. The molecule has 1 N–H and O–H groups in total. The van der Waals surface area contributed by atoms with Gasteiger partial charge in [-0.1, -0.05) is 0 Å². The third kappa shape index (κ3) is 6.96. The zero-order chi connectivity index (χ0) is 30.8. The van der Waals surface area contributed by atoms with Crippen molar-refractivity contribution in [3.8, 4) is 11.5 Å². The molecule has 1 spiro atoms. The number of nitrogens with one attached hydrogen (secondary N) is 1. The van der Waals surface area contributed by atoms with Gasteiger partial charge in [0.2, 0.25) is 10.0 Å². The summed E-state index contributed by atoms with van der Waals surface area (Å²) in [4.78, 5) is 28.4. The molecule has 1 aromatic carbocycles. The standard InChI is InChI=1S/C31H45FN6O4S/c1-5-38(22(2)3)30(39)26-16-24(32)8-11-27(26)42-28-17-34-21-35-29(28)37-19-31(20-37)12-14-36(15-13-31)18-23-6-9-25(10-7-23)43(40,41)33-4/h8,11,16-17,21-23,25,33H,5-7,9-10,12-15,18-20H2,1-4H3. The highest BCUT2D eigenvalue weighted by molar-refractivity contribution is 7.90. The zero-order valence-electron chi connectivity index (χ0n) is 25.8. The van der Waals surface area contributed by atoms with Gasteiger partial charge in [0.15, 0.2) is 11.6 Å². The lowest BCUT2D eigenvalue weighted by atomic mass is 9.71. The Morgan fingerprint density at radius 2 is 1.86 bits per heavy atom. The molecule has 3 heterocycles. The van der Waals surface area contributed by atoms with Crippen molar-refractivity contribution in [3.63, 3.8) is 0 Å². The molecule has 0 unspecified atom stereocenters. The van der Waals surface area contributed by atoms with Crippen molar-refractivity contribution in [1.29, 1.82) is 0 Å². The van der Waals surface area contributed by atoms with Crippen molar-refractivity contribution >= 4 is 21.7 Å². The Bertz CT molecular complexity index is 1380. The van der Waals surface area contributed by atoms with Gasteiger partial charge in [-0.2, -0.15) is 0 Å². The second-order valence-electron chi connectivity index (χ2n) is 12.7. The number of halogens is 1. The van der Waals surface area contributed by atoms with Gasteiger partial charge in [-0.3, -0.25) is 4.79 Å². The number of amides is 1. The molecule has 1 saturated carbocycles. The predicted molar refractivity (Wildman–Crippen MR) is 164 cm³/mol. The van der Waals surface area contributed by atoms with Crippen LogP contribution in [0.15, 0.2) is 30.7 Å². The summed E-state index contributed by atoms with van der Waals surface area (Å²) in [5.74, 6) is 1.18. The van der Waals surface area contributed by atoms with Gasteiger partial charge in [-0.05, 0) is 104 Å². The summed E-state index contributed by atoms with van der Waals surface area (Å²) in [6.45, 7) is 11.1. The molecule has 0 radical (unpaired) electrons. The molecular weight excluding hydrogens is 571 g/mol. The monoisotopic (exact) mass is 616 g/mol. The fourth-order valence-corrected chi connectivity index (χ4v) is 8.22. The van der Waals surface area contributed by atoms with Gasteiger partial charge in [0.1, 0.15) is 17.9 Å². The average molecular weight is 617 g/mol. The maximum absolute atomic E-state index is 14.2. The quantitative estimate of drug-likeness (QED) is 0.422. The highest BCUT2D eigenvalue weighted by Crippen LogP contribution is 2.45. The first kappa shape index (κ1) is 31.6. The number of likely N-dealkylation sites (tertiary alicyclic amines) is 1. The molecular formula is C31H45FN6O4S. The van der Waals surface area contributed by atoms with Crippen molar-refractivity contribution in [1.82, 2.24) is 24.5 Å². The van der Waals surface area contributed by atoms with Crippen LogP contribution in [0.3, 0.4) is 0 Å². The number of anilines is 1. The van der Waals surface area contributed by atoms with Crippen LogP contribution in [0.4, 0.5) is 10.2 Å². The van der Waals surface area contributed by atoms with Crippen LogP contribution in [0.5, 0.6) is 11.5 Å². The molecule has 2 saturated heterocycles. The molecule has 0 atom stereocenters. The number of aromatic nitrogens is 2. The van der Waals surface area contributed by atoms with Crippen molar-refractivity contribution < 1.29 is 22.3 Å². The molecule has 10 nitrogen and oxygen atoms in total. The van der Waals surface area contributed by atoms with E-state index in [0.717, 1.165) is 71.2 Å². The third-order valence-electron chi connectivity index (χ3n) is 9.58. The lowest BCUT2D eigenvalue weighted by Gasteiger charge is -2.54. The molecule has 2 aliphatic heterocycles. The van der Waals surface area contributed by atoms with Gasteiger partial charge in [0, 0.05) is 37.6 Å². The van der Waals surface area contributed by atoms with E-state index >= 15 is 0 Å². The van der Waals surface area contributed by atoms with Gasteiger partial charge in [0.05, 0.1) is 17.0 Å². The van der Waals surface area contributed by atoms with E-state index in [1.807, 2.05) is 20.8 Å². The zero-order valence-corrected chi connectivity index (χ0v) is 26.6. The van der Waals surface area contributed by atoms with Crippen LogP contribution >= 0.6 is 0 Å². The molecule has 3 aliphatic rings. The Kier molecular flexibility index (Phi) is 9.58. The maximum atomic E-state index is 14.2. The number of carbonyl (C=O) groups excluding carboxylic acids is 1. The van der Waals surface area contributed by atoms with Crippen molar-refractivity contribution in [2.24, 2.45) is 11.3 Å². The summed E-state index contributed by atoms with van der Waals surface area (Å²) in [6, 6.07) is 3.98. The van der Waals surface area contributed by atoms with Crippen molar-refractivity contribution in [2.75, 3.05) is 51.2 Å². The van der Waals surface area contributed by atoms with Gasteiger partial charge in [-0.25, -0.2) is 27.5 Å². The normalized spacial score (nSPS) is 22.4. The first-order valence-corrected chi connectivity index (χ1v) is 17.1. The number of sulfonamides is 1. The molecule has 12 heteroatoms. The highest BCUT2D eigenvalue weighted by atomic mass is 32.2. The molecule has 0 bridgehead atoms. The van der Waals surface area contributed by atoms with E-state index in [-0.39, 0.29) is 33.9 Å². The SMILES string of the molecule is CCN(C(=O)c1cc(F)ccc1Oc1cncnc1N1CC2(CCN(CC3CCC(S(=O)(=O)NC)CC3)CC2)C1)C(C)C. The number of nitrogens with zero attached hydrogens (tertiary/aromatic N) is 5. The number of hydrogen-bond donors (Lipinski definition) is 1. The van der Waals surface area contributed by atoms with Gasteiger partial charge in [-0.15, -0.1) is 0 Å². The highest BCUT2D eigenvalue weighted by Gasteiger charge is 2.46. The number of carbonyl (C=O) groups is 1. The van der Waals surface area contributed by atoms with Crippen LogP contribution in [0.25, 0.3) is 0 Å². The Morgan fingerprint density at radius 3 is 2.49 bits per heavy atom. The summed E-state index contributed by atoms with van der Waals surface area (Å²) in [5, 5.41) is -0.254. The number of benzene rings is 1. The second kappa shape index (κ2) is 13.0. The molecule has 5 rings (SSSR count). The van der Waals surface area contributed by atoms with Crippen molar-refractivity contribution in [2.45, 2.75) is 70.6 Å². The fraction of sp³-hybridized carbons (Fsp3) is 0.645. The summed E-state index contributed by atoms with van der Waals surface area (Å²) in [7, 11) is -1.67. The predicted octanol–water partition coefficient (Wildman–Crippen LogP) is 4.29. The Hall–Kier alpha value is -2.83. The molecule has 3 fully saturated rings. The molecule has 2 aromatic rings. The number of piperidine rings is 1. The summed E-state index contributed by atoms with van der Waals surface area (Å²) in [6.07, 6.45) is 8.72. The second-order valence-corrected chi connectivity index (χ2v) is 14.9. The van der Waals surface area contributed by atoms with Crippen LogP contribution in [-0.4, -0.2) is 91.7 Å². The minimum Gasteiger partial charge on any atom is -0.451 e. The molecule has 236 valence electrons. The number of hydrogen-bond acceptors (Lipinski definition) is 8. The summed E-state index contributed by atoms with van der Waals surface area (Å²) >= 11 is 0. The van der Waals surface area contributed by atoms with E-state index in [4.69, 9.17) is 4.74 Å². The Morgan fingerprint density at radius 1 is 1.16 bits per heavy atom. The van der Waals surface area contributed by atoms with E-state index in [9.17, 15) is 17.6 Å². The van der Waals surface area contributed by atoms with Gasteiger partial charge < -0.3 is 19.4 Å². The molecule has 1 aromatic heterocycles. The van der Waals surface area contributed by atoms with Crippen LogP contribution in [0.1, 0.15) is 69.7 Å². The fourth-order valence-electron chi connectivity index (χ4n) is 6.99. The van der Waals surface area contributed by atoms with Crippen LogP contribution in [-0.2, 0) is 10.0 Å². The lowest BCUT2D eigenvalue weighted by molar-refractivity contribution is 0.0627. The van der Waals surface area contributed by atoms with Crippen molar-refractivity contribution in [3.05, 3.63) is 42.1 Å². The van der Waals surface area contributed by atoms with E-state index in [2.05, 4.69) is 24.5 Å².